The Bertz CT molecular complexity index is 95.4. The third-order valence-electron chi connectivity index (χ3n) is 3.94. The number of nitrogens with one attached hydrogen (secondary N) is 2. The Labute approximate surface area is 119 Å². The zero-order valence-electron chi connectivity index (χ0n) is 12.7. The monoisotopic (exact) mass is 270 g/mol. The first-order valence-electron chi connectivity index (χ1n) is 8.60. The third-order valence-corrected chi connectivity index (χ3v) is 3.94. The van der Waals surface area contributed by atoms with Crippen LogP contribution in [-0.2, 0) is 4.84 Å². The minimum Gasteiger partial charge on any atom is -0.287 e. The molecular formula is C16H34N2O. The van der Waals surface area contributed by atoms with Crippen LogP contribution in [0.4, 0.5) is 0 Å². The summed E-state index contributed by atoms with van der Waals surface area (Å²) < 4.78 is 0. The third kappa shape index (κ3) is 12.6. The fourth-order valence-electron chi connectivity index (χ4n) is 2.66. The lowest BCUT2D eigenvalue weighted by Gasteiger charge is -2.07. The van der Waals surface area contributed by atoms with Gasteiger partial charge in [0.2, 0.25) is 0 Å². The maximum atomic E-state index is 5.34. The van der Waals surface area contributed by atoms with E-state index in [-0.39, 0.29) is 0 Å². The number of hydrogen-bond donors (Lipinski definition) is 2. The zero-order chi connectivity index (χ0) is 13.4. The van der Waals surface area contributed by atoms with Crippen LogP contribution < -0.4 is 11.0 Å². The SMILES string of the molecule is C1CCCCCCCCONNCCCCCCC1. The van der Waals surface area contributed by atoms with Crippen molar-refractivity contribution in [3.63, 3.8) is 0 Å². The standard InChI is InChI=1S/C16H34N2O/c1-2-4-6-8-10-12-14-16-19-18-17-15-13-11-9-7-5-3-1/h17-18H,1-16H2. The van der Waals surface area contributed by atoms with E-state index in [1.54, 1.807) is 0 Å². The van der Waals surface area contributed by atoms with Crippen molar-refractivity contribution in [1.82, 2.24) is 11.0 Å². The summed E-state index contributed by atoms with van der Waals surface area (Å²) in [5.41, 5.74) is 5.98. The van der Waals surface area contributed by atoms with Crippen molar-refractivity contribution in [3.8, 4) is 0 Å². The van der Waals surface area contributed by atoms with E-state index in [4.69, 9.17) is 4.84 Å². The first-order valence-corrected chi connectivity index (χ1v) is 8.60. The summed E-state index contributed by atoms with van der Waals surface area (Å²) in [4.78, 5) is 5.34. The molecule has 3 heteroatoms. The molecule has 1 heterocycles. The molecular weight excluding hydrogens is 236 g/mol. The minimum atomic E-state index is 0.826. The van der Waals surface area contributed by atoms with Gasteiger partial charge in [0.25, 0.3) is 0 Å². The highest BCUT2D eigenvalue weighted by molar-refractivity contribution is 4.50. The summed E-state index contributed by atoms with van der Waals surface area (Å²) in [7, 11) is 0. The maximum Gasteiger partial charge on any atom is 0.0698 e. The molecule has 1 aliphatic rings. The van der Waals surface area contributed by atoms with Gasteiger partial charge in [0.05, 0.1) is 6.61 Å². The van der Waals surface area contributed by atoms with Crippen molar-refractivity contribution in [2.24, 2.45) is 0 Å². The van der Waals surface area contributed by atoms with Crippen LogP contribution in [0.1, 0.15) is 89.9 Å². The normalized spacial score (nSPS) is 24.0. The van der Waals surface area contributed by atoms with Gasteiger partial charge in [0, 0.05) is 6.54 Å². The summed E-state index contributed by atoms with van der Waals surface area (Å²) in [6, 6.07) is 0. The summed E-state index contributed by atoms with van der Waals surface area (Å²) in [5.74, 6) is 0. The molecule has 0 spiro atoms. The van der Waals surface area contributed by atoms with Gasteiger partial charge in [-0.05, 0) is 12.8 Å². The minimum absolute atomic E-state index is 0.826. The predicted octanol–water partition coefficient (Wildman–Crippen LogP) is 4.49. The molecule has 0 aromatic carbocycles. The van der Waals surface area contributed by atoms with Crippen molar-refractivity contribution in [2.45, 2.75) is 89.9 Å². The molecule has 0 unspecified atom stereocenters. The van der Waals surface area contributed by atoms with E-state index in [9.17, 15) is 0 Å². The van der Waals surface area contributed by atoms with Crippen LogP contribution in [0.25, 0.3) is 0 Å². The highest BCUT2D eigenvalue weighted by atomic mass is 16.7. The number of hydrogen-bond acceptors (Lipinski definition) is 3. The summed E-state index contributed by atoms with van der Waals surface area (Å²) in [5, 5.41) is 0. The molecule has 0 amide bonds. The van der Waals surface area contributed by atoms with Gasteiger partial charge in [-0.25, -0.2) is 5.43 Å². The van der Waals surface area contributed by atoms with Crippen LogP contribution in [0.5, 0.6) is 0 Å². The topological polar surface area (TPSA) is 33.3 Å². The van der Waals surface area contributed by atoms with Crippen LogP contribution in [0.3, 0.4) is 0 Å². The van der Waals surface area contributed by atoms with Gasteiger partial charge in [-0.1, -0.05) is 77.0 Å². The summed E-state index contributed by atoms with van der Waals surface area (Å²) >= 11 is 0. The van der Waals surface area contributed by atoms with Crippen LogP contribution in [0.15, 0.2) is 0 Å². The summed E-state index contributed by atoms with van der Waals surface area (Å²) in [6.45, 7) is 1.84. The molecule has 1 saturated heterocycles. The van der Waals surface area contributed by atoms with Crippen molar-refractivity contribution >= 4 is 0 Å². The van der Waals surface area contributed by atoms with Crippen LogP contribution >= 0.6 is 0 Å². The van der Waals surface area contributed by atoms with Gasteiger partial charge >= 0.3 is 0 Å². The second kappa shape index (κ2) is 14.3. The van der Waals surface area contributed by atoms with Gasteiger partial charge in [0.1, 0.15) is 0 Å². The van der Waals surface area contributed by atoms with Crippen molar-refractivity contribution in [3.05, 3.63) is 0 Å². The van der Waals surface area contributed by atoms with E-state index < -0.39 is 0 Å². The second-order valence-corrected chi connectivity index (χ2v) is 5.83. The molecule has 0 aromatic heterocycles. The van der Waals surface area contributed by atoms with E-state index in [2.05, 4.69) is 11.0 Å². The second-order valence-electron chi connectivity index (χ2n) is 5.83. The Hall–Kier alpha value is -0.120. The molecule has 3 nitrogen and oxygen atoms in total. The van der Waals surface area contributed by atoms with E-state index >= 15 is 0 Å². The first-order chi connectivity index (χ1) is 9.50. The molecule has 2 N–H and O–H groups in total. The average molecular weight is 270 g/mol. The van der Waals surface area contributed by atoms with E-state index in [0.29, 0.717) is 0 Å². The van der Waals surface area contributed by atoms with Crippen molar-refractivity contribution in [2.75, 3.05) is 13.2 Å². The molecule has 0 bridgehead atoms. The zero-order valence-corrected chi connectivity index (χ0v) is 12.7. The predicted molar refractivity (Wildman–Crippen MR) is 81.7 cm³/mol. The number of hydrazine groups is 1. The first kappa shape index (κ1) is 16.9. The van der Waals surface area contributed by atoms with Crippen LogP contribution in [-0.4, -0.2) is 13.2 Å². The fraction of sp³-hybridized carbons (Fsp3) is 1.00. The van der Waals surface area contributed by atoms with Gasteiger partial charge in [0.15, 0.2) is 0 Å². The molecule has 114 valence electrons. The largest absolute Gasteiger partial charge is 0.287 e. The van der Waals surface area contributed by atoms with Crippen LogP contribution in [0, 0.1) is 0 Å². The van der Waals surface area contributed by atoms with E-state index in [1.165, 1.54) is 89.9 Å². The van der Waals surface area contributed by atoms with Crippen molar-refractivity contribution in [1.29, 1.82) is 0 Å². The highest BCUT2D eigenvalue weighted by Crippen LogP contribution is 2.12. The van der Waals surface area contributed by atoms with E-state index in [1.807, 2.05) is 0 Å². The Morgan fingerprint density at radius 3 is 1.42 bits per heavy atom. The Morgan fingerprint density at radius 2 is 0.895 bits per heavy atom. The lowest BCUT2D eigenvalue weighted by Crippen LogP contribution is -2.32. The Kier molecular flexibility index (Phi) is 12.7. The highest BCUT2D eigenvalue weighted by Gasteiger charge is 1.95. The van der Waals surface area contributed by atoms with Gasteiger partial charge in [-0.2, -0.15) is 0 Å². The molecule has 0 saturated carbocycles. The maximum absolute atomic E-state index is 5.34. The van der Waals surface area contributed by atoms with Gasteiger partial charge < -0.3 is 0 Å². The Morgan fingerprint density at radius 1 is 0.474 bits per heavy atom. The summed E-state index contributed by atoms with van der Waals surface area (Å²) in [6.07, 6.45) is 19.3. The quantitative estimate of drug-likeness (QED) is 0.680. The van der Waals surface area contributed by atoms with Crippen LogP contribution in [0.2, 0.25) is 0 Å². The molecule has 19 heavy (non-hydrogen) atoms. The molecule has 1 fully saturated rings. The molecule has 1 rings (SSSR count). The molecule has 0 radical (unpaired) electrons. The smallest absolute Gasteiger partial charge is 0.0698 e. The molecule has 1 aliphatic heterocycles. The lowest BCUT2D eigenvalue weighted by molar-refractivity contribution is 0.00853. The van der Waals surface area contributed by atoms with Gasteiger partial charge in [-0.3, -0.25) is 4.84 Å². The molecule has 0 atom stereocenters. The number of rotatable bonds is 0. The fourth-order valence-corrected chi connectivity index (χ4v) is 2.66. The average Bonchev–Trinajstić information content (AvgIpc) is 2.43. The molecule has 0 aromatic rings. The Balaban J connectivity index is 2.01. The van der Waals surface area contributed by atoms with E-state index in [0.717, 1.165) is 13.2 Å². The van der Waals surface area contributed by atoms with Crippen molar-refractivity contribution < 1.29 is 4.84 Å². The lowest BCUT2D eigenvalue weighted by atomic mass is 10.0. The molecule has 0 aliphatic carbocycles. The van der Waals surface area contributed by atoms with Gasteiger partial charge in [-0.15, -0.1) is 5.59 Å².